The Kier molecular flexibility index (Phi) is 5.68. The predicted molar refractivity (Wildman–Crippen MR) is 128 cm³/mol. The highest BCUT2D eigenvalue weighted by Gasteiger charge is 2.20. The predicted octanol–water partition coefficient (Wildman–Crippen LogP) is 2.96. The lowest BCUT2D eigenvalue weighted by atomic mass is 10.1. The lowest BCUT2D eigenvalue weighted by molar-refractivity contribution is -0.143. The second-order valence-corrected chi connectivity index (χ2v) is 8.56. The first-order valence-corrected chi connectivity index (χ1v) is 11.2. The lowest BCUT2D eigenvalue weighted by Crippen LogP contribution is -2.27. The normalized spacial score (nSPS) is 12.3. The van der Waals surface area contributed by atoms with Crippen molar-refractivity contribution in [1.29, 1.82) is 0 Å². The SMILES string of the molecule is Cc1cc(C(=O)COC(=O)Cn2c(=O)n(C)c3ccccc32)c(C)n1Cc1ccc2c(c1)OCO2. The first-order valence-electron chi connectivity index (χ1n) is 11.2. The average Bonchev–Trinajstić information content (AvgIpc) is 3.50. The van der Waals surface area contributed by atoms with Crippen LogP contribution in [0.4, 0.5) is 0 Å². The van der Waals surface area contributed by atoms with Gasteiger partial charge in [-0.3, -0.25) is 18.7 Å². The van der Waals surface area contributed by atoms with Crippen molar-refractivity contribution < 1.29 is 23.8 Å². The van der Waals surface area contributed by atoms with E-state index in [2.05, 4.69) is 0 Å². The molecule has 0 saturated carbocycles. The summed E-state index contributed by atoms with van der Waals surface area (Å²) >= 11 is 0. The Hall–Kier alpha value is -4.27. The van der Waals surface area contributed by atoms with E-state index in [4.69, 9.17) is 14.2 Å². The van der Waals surface area contributed by atoms with Crippen LogP contribution < -0.4 is 15.2 Å². The van der Waals surface area contributed by atoms with Crippen molar-refractivity contribution in [2.75, 3.05) is 13.4 Å². The van der Waals surface area contributed by atoms with Crippen LogP contribution in [-0.4, -0.2) is 38.9 Å². The number of para-hydroxylation sites is 2. The van der Waals surface area contributed by atoms with Crippen LogP contribution in [0.15, 0.2) is 53.3 Å². The van der Waals surface area contributed by atoms with E-state index in [9.17, 15) is 14.4 Å². The van der Waals surface area contributed by atoms with Gasteiger partial charge in [0.15, 0.2) is 18.1 Å². The standard InChI is InChI=1S/C26H25N3O6/c1-16-10-19(17(2)28(16)12-18-8-9-23-24(11-18)35-15-34-23)22(30)14-33-25(31)13-29-21-7-5-4-6-20(21)27(3)26(29)32/h4-11H,12-15H2,1-3H3. The summed E-state index contributed by atoms with van der Waals surface area (Å²) in [6.07, 6.45) is 0. The molecule has 0 spiro atoms. The number of hydrogen-bond donors (Lipinski definition) is 0. The highest BCUT2D eigenvalue weighted by Crippen LogP contribution is 2.33. The molecule has 2 aromatic carbocycles. The topological polar surface area (TPSA) is 93.7 Å². The van der Waals surface area contributed by atoms with Crippen molar-refractivity contribution in [3.63, 3.8) is 0 Å². The van der Waals surface area contributed by atoms with Crippen molar-refractivity contribution in [2.45, 2.75) is 26.9 Å². The number of benzene rings is 2. The number of carbonyl (C=O) groups excluding carboxylic acids is 2. The van der Waals surface area contributed by atoms with Crippen LogP contribution in [0.5, 0.6) is 11.5 Å². The number of nitrogens with zero attached hydrogens (tertiary/aromatic N) is 3. The number of aryl methyl sites for hydroxylation is 2. The number of ketones is 1. The molecular formula is C26H25N3O6. The molecule has 35 heavy (non-hydrogen) atoms. The van der Waals surface area contributed by atoms with Crippen LogP contribution >= 0.6 is 0 Å². The summed E-state index contributed by atoms with van der Waals surface area (Å²) in [6.45, 7) is 3.90. The van der Waals surface area contributed by atoms with E-state index >= 15 is 0 Å². The number of Topliss-reactive ketones (excluding diaryl/α,β-unsaturated/α-hetero) is 1. The summed E-state index contributed by atoms with van der Waals surface area (Å²) in [4.78, 5) is 37.9. The molecule has 0 N–H and O–H groups in total. The van der Waals surface area contributed by atoms with Gasteiger partial charge in [0.05, 0.1) is 11.0 Å². The zero-order valence-electron chi connectivity index (χ0n) is 19.7. The average molecular weight is 476 g/mol. The Bertz CT molecular complexity index is 1520. The van der Waals surface area contributed by atoms with Gasteiger partial charge in [0.2, 0.25) is 12.6 Å². The fourth-order valence-electron chi connectivity index (χ4n) is 4.46. The first kappa shape index (κ1) is 22.5. The maximum absolute atomic E-state index is 12.9. The first-order chi connectivity index (χ1) is 16.8. The van der Waals surface area contributed by atoms with Gasteiger partial charge in [-0.15, -0.1) is 0 Å². The minimum atomic E-state index is -0.647. The summed E-state index contributed by atoms with van der Waals surface area (Å²) in [7, 11) is 1.65. The summed E-state index contributed by atoms with van der Waals surface area (Å²) in [5.41, 5.74) is 4.25. The largest absolute Gasteiger partial charge is 0.456 e. The monoisotopic (exact) mass is 475 g/mol. The molecule has 0 amide bonds. The molecule has 0 atom stereocenters. The number of aromatic nitrogens is 3. The summed E-state index contributed by atoms with van der Waals surface area (Å²) in [5, 5.41) is 0. The van der Waals surface area contributed by atoms with Crippen molar-refractivity contribution in [1.82, 2.24) is 13.7 Å². The number of hydrogen-bond acceptors (Lipinski definition) is 6. The van der Waals surface area contributed by atoms with Crippen LogP contribution in [-0.2, 0) is 29.7 Å². The summed E-state index contributed by atoms with van der Waals surface area (Å²) in [5.74, 6) is 0.483. The van der Waals surface area contributed by atoms with Crippen molar-refractivity contribution in [3.05, 3.63) is 81.5 Å². The molecule has 0 radical (unpaired) electrons. The van der Waals surface area contributed by atoms with E-state index in [-0.39, 0.29) is 24.8 Å². The molecule has 2 aromatic heterocycles. The van der Waals surface area contributed by atoms with Crippen molar-refractivity contribution >= 4 is 22.8 Å². The molecular weight excluding hydrogens is 450 g/mol. The lowest BCUT2D eigenvalue weighted by Gasteiger charge is -2.11. The van der Waals surface area contributed by atoms with Gasteiger partial charge in [-0.05, 0) is 49.7 Å². The van der Waals surface area contributed by atoms with Gasteiger partial charge in [0.25, 0.3) is 0 Å². The summed E-state index contributed by atoms with van der Waals surface area (Å²) < 4.78 is 20.9. The van der Waals surface area contributed by atoms with Gasteiger partial charge in [-0.25, -0.2) is 4.79 Å². The Balaban J connectivity index is 1.26. The van der Waals surface area contributed by atoms with Crippen molar-refractivity contribution in [2.24, 2.45) is 7.05 Å². The van der Waals surface area contributed by atoms with Crippen LogP contribution in [0.1, 0.15) is 27.3 Å². The van der Waals surface area contributed by atoms with E-state index in [1.807, 2.05) is 42.7 Å². The quantitative estimate of drug-likeness (QED) is 0.301. The van der Waals surface area contributed by atoms with Gasteiger partial charge in [0.1, 0.15) is 6.54 Å². The minimum absolute atomic E-state index is 0.215. The number of rotatable bonds is 7. The zero-order chi connectivity index (χ0) is 24.7. The smallest absolute Gasteiger partial charge is 0.329 e. The van der Waals surface area contributed by atoms with E-state index in [0.717, 1.165) is 28.2 Å². The maximum Gasteiger partial charge on any atom is 0.329 e. The molecule has 1 aliphatic rings. The third kappa shape index (κ3) is 4.09. The Morgan fingerprint density at radius 1 is 0.971 bits per heavy atom. The third-order valence-corrected chi connectivity index (χ3v) is 6.35. The molecule has 5 rings (SSSR count). The molecule has 3 heterocycles. The number of carbonyl (C=O) groups is 2. The fourth-order valence-corrected chi connectivity index (χ4v) is 4.46. The third-order valence-electron chi connectivity index (χ3n) is 6.35. The molecule has 1 aliphatic heterocycles. The minimum Gasteiger partial charge on any atom is -0.456 e. The van der Waals surface area contributed by atoms with Crippen LogP contribution in [0.2, 0.25) is 0 Å². The van der Waals surface area contributed by atoms with Gasteiger partial charge in [-0.1, -0.05) is 18.2 Å². The molecule has 9 heteroatoms. The number of imidazole rings is 1. The highest BCUT2D eigenvalue weighted by atomic mass is 16.7. The van der Waals surface area contributed by atoms with Gasteiger partial charge in [-0.2, -0.15) is 0 Å². The zero-order valence-corrected chi connectivity index (χ0v) is 19.7. The Morgan fingerprint density at radius 2 is 1.71 bits per heavy atom. The molecule has 0 unspecified atom stereocenters. The Labute approximate surface area is 201 Å². The van der Waals surface area contributed by atoms with Crippen LogP contribution in [0.3, 0.4) is 0 Å². The summed E-state index contributed by atoms with van der Waals surface area (Å²) in [6, 6.07) is 14.8. The Morgan fingerprint density at radius 3 is 2.51 bits per heavy atom. The molecule has 180 valence electrons. The van der Waals surface area contributed by atoms with E-state index < -0.39 is 12.6 Å². The second kappa shape index (κ2) is 8.83. The van der Waals surface area contributed by atoms with Gasteiger partial charge >= 0.3 is 11.7 Å². The van der Waals surface area contributed by atoms with E-state index in [1.165, 1.54) is 9.13 Å². The molecule has 4 aromatic rings. The number of fused-ring (bicyclic) bond motifs is 2. The molecule has 0 bridgehead atoms. The van der Waals surface area contributed by atoms with Crippen molar-refractivity contribution in [3.8, 4) is 11.5 Å². The fraction of sp³-hybridized carbons (Fsp3) is 0.269. The van der Waals surface area contributed by atoms with Crippen LogP contribution in [0, 0.1) is 13.8 Å². The molecule has 0 fully saturated rings. The second-order valence-electron chi connectivity index (χ2n) is 8.56. The molecule has 9 nitrogen and oxygen atoms in total. The number of ether oxygens (including phenoxy) is 3. The van der Waals surface area contributed by atoms with E-state index in [1.54, 1.807) is 31.3 Å². The van der Waals surface area contributed by atoms with Gasteiger partial charge in [0, 0.05) is 30.5 Å². The molecule has 0 saturated heterocycles. The maximum atomic E-state index is 12.9. The van der Waals surface area contributed by atoms with Crippen LogP contribution in [0.25, 0.3) is 11.0 Å². The van der Waals surface area contributed by atoms with Gasteiger partial charge < -0.3 is 18.8 Å². The molecule has 0 aliphatic carbocycles. The number of esters is 1. The highest BCUT2D eigenvalue weighted by molar-refractivity contribution is 5.99. The van der Waals surface area contributed by atoms with E-state index in [0.29, 0.717) is 23.4 Å².